The second-order valence-corrected chi connectivity index (χ2v) is 8.47. The van der Waals surface area contributed by atoms with Crippen molar-refractivity contribution < 1.29 is 23.8 Å². The summed E-state index contributed by atoms with van der Waals surface area (Å²) in [6, 6.07) is 10.2. The number of hydrogen-bond acceptors (Lipinski definition) is 6. The molecule has 176 valence electrons. The number of imidazole rings is 1. The molecule has 3 aromatic rings. The van der Waals surface area contributed by atoms with Crippen LogP contribution < -0.4 is 0 Å². The molecule has 0 bridgehead atoms. The summed E-state index contributed by atoms with van der Waals surface area (Å²) in [5.74, 6) is -2.17. The van der Waals surface area contributed by atoms with Gasteiger partial charge in [-0.2, -0.15) is 0 Å². The van der Waals surface area contributed by atoms with E-state index in [0.29, 0.717) is 42.4 Å². The number of aliphatic hydroxyl groups excluding tert-OH is 1. The lowest BCUT2D eigenvalue weighted by Crippen LogP contribution is -2.42. The molecule has 2 saturated heterocycles. The number of pyridine rings is 1. The van der Waals surface area contributed by atoms with Gasteiger partial charge in [0.15, 0.2) is 5.76 Å². The molecule has 1 aromatic carbocycles. The largest absolute Gasteiger partial charge is 0.505 e. The van der Waals surface area contributed by atoms with Crippen molar-refractivity contribution in [3.05, 3.63) is 77.0 Å². The number of ether oxygens (including phenoxy) is 1. The topological polar surface area (TPSA) is 87.4 Å². The molecule has 0 aliphatic carbocycles. The SMILES string of the molecule is Cc1nc2ccccn2c1C(O)=C1C(=O)C(=O)N(CCN2CCOCC2)[C@H]1c1ccc(F)cc1. The highest BCUT2D eigenvalue weighted by Gasteiger charge is 2.46. The second kappa shape index (κ2) is 9.00. The van der Waals surface area contributed by atoms with E-state index in [-0.39, 0.29) is 17.9 Å². The number of fused-ring (bicyclic) bond motifs is 1. The van der Waals surface area contributed by atoms with Crippen molar-refractivity contribution in [1.82, 2.24) is 19.2 Å². The van der Waals surface area contributed by atoms with Crippen molar-refractivity contribution in [2.24, 2.45) is 0 Å². The lowest BCUT2D eigenvalue weighted by molar-refractivity contribution is -0.140. The zero-order valence-electron chi connectivity index (χ0n) is 18.8. The number of aryl methyl sites for hydroxylation is 1. The fraction of sp³-hybridized carbons (Fsp3) is 0.320. The van der Waals surface area contributed by atoms with Gasteiger partial charge in [0.2, 0.25) is 0 Å². The van der Waals surface area contributed by atoms with E-state index in [1.807, 2.05) is 6.07 Å². The minimum Gasteiger partial charge on any atom is -0.505 e. The first-order valence-electron chi connectivity index (χ1n) is 11.2. The summed E-state index contributed by atoms with van der Waals surface area (Å²) in [6.07, 6.45) is 1.74. The quantitative estimate of drug-likeness (QED) is 0.355. The lowest BCUT2D eigenvalue weighted by atomic mass is 9.96. The van der Waals surface area contributed by atoms with Crippen LogP contribution in [0.3, 0.4) is 0 Å². The van der Waals surface area contributed by atoms with Crippen molar-refractivity contribution in [3.63, 3.8) is 0 Å². The number of morpholine rings is 1. The fourth-order valence-corrected chi connectivity index (χ4v) is 4.70. The van der Waals surface area contributed by atoms with Crippen LogP contribution >= 0.6 is 0 Å². The summed E-state index contributed by atoms with van der Waals surface area (Å²) in [6.45, 7) is 5.31. The lowest BCUT2D eigenvalue weighted by Gasteiger charge is -2.31. The van der Waals surface area contributed by atoms with Crippen LogP contribution in [0.1, 0.15) is 23.0 Å². The van der Waals surface area contributed by atoms with Gasteiger partial charge in [-0.25, -0.2) is 9.37 Å². The molecule has 9 heteroatoms. The molecule has 2 fully saturated rings. The molecule has 0 radical (unpaired) electrons. The average Bonchev–Trinajstić information content (AvgIpc) is 3.31. The van der Waals surface area contributed by atoms with E-state index in [2.05, 4.69) is 9.88 Å². The van der Waals surface area contributed by atoms with Crippen LogP contribution in [0.2, 0.25) is 0 Å². The highest BCUT2D eigenvalue weighted by molar-refractivity contribution is 6.46. The van der Waals surface area contributed by atoms with Gasteiger partial charge in [-0.1, -0.05) is 18.2 Å². The normalized spacial score (nSPS) is 21.0. The Bertz CT molecular complexity index is 1280. The van der Waals surface area contributed by atoms with Gasteiger partial charge in [-0.15, -0.1) is 0 Å². The Morgan fingerprint density at radius 1 is 1.12 bits per heavy atom. The summed E-state index contributed by atoms with van der Waals surface area (Å²) in [5.41, 5.74) is 2.03. The number of carbonyl (C=O) groups excluding carboxylic acids is 2. The maximum absolute atomic E-state index is 13.7. The predicted octanol–water partition coefficient (Wildman–Crippen LogP) is 2.54. The summed E-state index contributed by atoms with van der Waals surface area (Å²) in [5, 5.41) is 11.4. The maximum atomic E-state index is 13.7. The van der Waals surface area contributed by atoms with Crippen LogP contribution in [0.4, 0.5) is 4.39 Å². The highest BCUT2D eigenvalue weighted by atomic mass is 19.1. The first-order valence-corrected chi connectivity index (χ1v) is 11.2. The molecule has 2 aliphatic rings. The Morgan fingerprint density at radius 3 is 2.59 bits per heavy atom. The third-order valence-electron chi connectivity index (χ3n) is 6.42. The smallest absolute Gasteiger partial charge is 0.295 e. The Labute approximate surface area is 195 Å². The van der Waals surface area contributed by atoms with Gasteiger partial charge in [-0.3, -0.25) is 18.9 Å². The molecule has 0 saturated carbocycles. The van der Waals surface area contributed by atoms with Gasteiger partial charge < -0.3 is 14.7 Å². The standard InChI is InChI=1S/C25H25FN4O4/c1-16-21(29-9-3-2-4-19(29)27-16)23(31)20-22(17-5-7-18(26)8-6-17)30(25(33)24(20)32)11-10-28-12-14-34-15-13-28/h2-9,22,31H,10-15H2,1H3/t22-/m0/s1. The number of likely N-dealkylation sites (tertiary alicyclic amines) is 1. The number of hydrogen-bond donors (Lipinski definition) is 1. The second-order valence-electron chi connectivity index (χ2n) is 8.47. The van der Waals surface area contributed by atoms with Crippen molar-refractivity contribution in [3.8, 4) is 0 Å². The molecule has 2 aromatic heterocycles. The minimum atomic E-state index is -0.838. The third-order valence-corrected chi connectivity index (χ3v) is 6.42. The molecule has 2 aliphatic heterocycles. The number of amides is 1. The van der Waals surface area contributed by atoms with E-state index in [0.717, 1.165) is 13.1 Å². The number of halogens is 1. The minimum absolute atomic E-state index is 0.0210. The molecule has 0 spiro atoms. The summed E-state index contributed by atoms with van der Waals surface area (Å²) in [7, 11) is 0. The Morgan fingerprint density at radius 2 is 1.85 bits per heavy atom. The van der Waals surface area contributed by atoms with Gasteiger partial charge in [0, 0.05) is 32.4 Å². The van der Waals surface area contributed by atoms with E-state index in [9.17, 15) is 19.1 Å². The van der Waals surface area contributed by atoms with Crippen LogP contribution in [-0.4, -0.2) is 75.4 Å². The third kappa shape index (κ3) is 3.86. The fourth-order valence-electron chi connectivity index (χ4n) is 4.70. The number of carbonyl (C=O) groups is 2. The molecule has 4 heterocycles. The van der Waals surface area contributed by atoms with Gasteiger partial charge >= 0.3 is 0 Å². The maximum Gasteiger partial charge on any atom is 0.295 e. The van der Waals surface area contributed by atoms with Gasteiger partial charge in [0.1, 0.15) is 17.2 Å². The summed E-state index contributed by atoms with van der Waals surface area (Å²) >= 11 is 0. The number of Topliss-reactive ketones (excluding diaryl/α,β-unsaturated/α-hetero) is 1. The molecule has 1 N–H and O–H groups in total. The number of aliphatic hydroxyl groups is 1. The molecule has 1 atom stereocenters. The molecule has 34 heavy (non-hydrogen) atoms. The van der Waals surface area contributed by atoms with Crippen LogP contribution in [0.5, 0.6) is 0 Å². The molecule has 0 unspecified atom stereocenters. The van der Waals surface area contributed by atoms with E-state index < -0.39 is 23.5 Å². The predicted molar refractivity (Wildman–Crippen MR) is 123 cm³/mol. The monoisotopic (exact) mass is 464 g/mol. The van der Waals surface area contributed by atoms with E-state index in [1.54, 1.807) is 41.8 Å². The zero-order chi connectivity index (χ0) is 23.8. The Hall–Kier alpha value is -3.56. The number of ketones is 1. The van der Waals surface area contributed by atoms with Gasteiger partial charge in [-0.05, 0) is 36.8 Å². The summed E-state index contributed by atoms with van der Waals surface area (Å²) in [4.78, 5) is 34.5. The number of benzene rings is 1. The van der Waals surface area contributed by atoms with Crippen LogP contribution in [-0.2, 0) is 14.3 Å². The molecule has 8 nitrogen and oxygen atoms in total. The summed E-state index contributed by atoms with van der Waals surface area (Å²) < 4.78 is 20.8. The van der Waals surface area contributed by atoms with Crippen LogP contribution in [0, 0.1) is 12.7 Å². The first-order chi connectivity index (χ1) is 16.5. The Kier molecular flexibility index (Phi) is 5.89. The van der Waals surface area contributed by atoms with Crippen LogP contribution in [0.15, 0.2) is 54.2 Å². The number of rotatable bonds is 5. The van der Waals surface area contributed by atoms with E-state index in [1.165, 1.54) is 17.0 Å². The first kappa shape index (κ1) is 22.2. The molecular weight excluding hydrogens is 439 g/mol. The van der Waals surface area contributed by atoms with Crippen molar-refractivity contribution >= 4 is 23.1 Å². The van der Waals surface area contributed by atoms with Crippen molar-refractivity contribution in [2.75, 3.05) is 39.4 Å². The molecule has 1 amide bonds. The zero-order valence-corrected chi connectivity index (χ0v) is 18.8. The molecular formula is C25H25FN4O4. The van der Waals surface area contributed by atoms with Crippen molar-refractivity contribution in [2.45, 2.75) is 13.0 Å². The Balaban J connectivity index is 1.60. The average molecular weight is 464 g/mol. The highest BCUT2D eigenvalue weighted by Crippen LogP contribution is 2.39. The van der Waals surface area contributed by atoms with Crippen molar-refractivity contribution in [1.29, 1.82) is 0 Å². The molecule has 5 rings (SSSR count). The van der Waals surface area contributed by atoms with Crippen LogP contribution in [0.25, 0.3) is 11.4 Å². The van der Waals surface area contributed by atoms with Gasteiger partial charge in [0.05, 0.1) is 30.5 Å². The number of nitrogens with zero attached hydrogens (tertiary/aromatic N) is 4. The number of aromatic nitrogens is 2. The van der Waals surface area contributed by atoms with Gasteiger partial charge in [0.25, 0.3) is 11.7 Å². The van der Waals surface area contributed by atoms with E-state index in [4.69, 9.17) is 4.74 Å². The van der Waals surface area contributed by atoms with E-state index >= 15 is 0 Å².